The second-order valence-corrected chi connectivity index (χ2v) is 4.87. The van der Waals surface area contributed by atoms with Crippen molar-refractivity contribution in [1.29, 1.82) is 0 Å². The summed E-state index contributed by atoms with van der Waals surface area (Å²) in [4.78, 5) is 15.6. The molecule has 2 aromatic rings. The van der Waals surface area contributed by atoms with Crippen molar-refractivity contribution >= 4 is 5.91 Å². The Balaban J connectivity index is 2.00. The molecule has 22 heavy (non-hydrogen) atoms. The molecule has 2 rings (SSSR count). The van der Waals surface area contributed by atoms with Crippen molar-refractivity contribution in [3.05, 3.63) is 59.9 Å². The van der Waals surface area contributed by atoms with E-state index in [1.54, 1.807) is 26.0 Å². The molecule has 0 bridgehead atoms. The van der Waals surface area contributed by atoms with Crippen LogP contribution in [0.2, 0.25) is 0 Å². The van der Waals surface area contributed by atoms with Crippen molar-refractivity contribution in [2.24, 2.45) is 0 Å². The number of amides is 1. The normalized spacial score (nSPS) is 13.3. The quantitative estimate of drug-likeness (QED) is 0.924. The number of nitrogens with one attached hydrogen (secondary N) is 1. The highest BCUT2D eigenvalue weighted by Gasteiger charge is 2.20. The number of nitrogens with zero attached hydrogens (tertiary/aromatic N) is 1. The summed E-state index contributed by atoms with van der Waals surface area (Å²) in [6.07, 6.45) is 1.81. The molecule has 0 saturated heterocycles. The Kier molecular flexibility index (Phi) is 5.04. The number of rotatable bonds is 5. The second kappa shape index (κ2) is 6.98. The molecule has 0 unspecified atom stereocenters. The topological polar surface area (TPSA) is 51.2 Å². The number of halogens is 2. The van der Waals surface area contributed by atoms with E-state index < -0.39 is 29.7 Å². The SMILES string of the molecule is C[C@H](Oc1ccccc1F)[C@@H](C)NC(=O)c1ccncc1F. The molecule has 1 aromatic carbocycles. The van der Waals surface area contributed by atoms with Crippen molar-refractivity contribution in [3.63, 3.8) is 0 Å². The average Bonchev–Trinajstić information content (AvgIpc) is 2.49. The Hall–Kier alpha value is -2.50. The number of hydrogen-bond acceptors (Lipinski definition) is 3. The van der Waals surface area contributed by atoms with E-state index in [0.29, 0.717) is 0 Å². The van der Waals surface area contributed by atoms with E-state index in [-0.39, 0.29) is 11.3 Å². The highest BCUT2D eigenvalue weighted by atomic mass is 19.1. The zero-order valence-electron chi connectivity index (χ0n) is 12.2. The molecule has 0 spiro atoms. The Labute approximate surface area is 127 Å². The molecule has 4 nitrogen and oxygen atoms in total. The van der Waals surface area contributed by atoms with Crippen LogP contribution in [0.3, 0.4) is 0 Å². The van der Waals surface area contributed by atoms with Crippen LogP contribution in [0.15, 0.2) is 42.7 Å². The number of aromatic nitrogens is 1. The standard InChI is InChI=1S/C16H16F2N2O2/c1-10(11(2)22-15-6-4-3-5-13(15)17)20-16(21)12-7-8-19-9-14(12)18/h3-11H,1-2H3,(H,20,21)/t10-,11+/m1/s1. The fourth-order valence-electron chi connectivity index (χ4n) is 1.80. The van der Waals surface area contributed by atoms with Crippen molar-refractivity contribution in [2.45, 2.75) is 26.0 Å². The monoisotopic (exact) mass is 306 g/mol. The van der Waals surface area contributed by atoms with Crippen LogP contribution in [0, 0.1) is 11.6 Å². The number of para-hydroxylation sites is 1. The number of pyridine rings is 1. The molecular formula is C16H16F2N2O2. The third-order valence-electron chi connectivity index (χ3n) is 3.23. The molecule has 0 aliphatic carbocycles. The largest absolute Gasteiger partial charge is 0.486 e. The summed E-state index contributed by atoms with van der Waals surface area (Å²) in [6, 6.07) is 6.85. The zero-order valence-corrected chi connectivity index (χ0v) is 12.2. The minimum absolute atomic E-state index is 0.0973. The molecule has 2 atom stereocenters. The van der Waals surface area contributed by atoms with E-state index in [0.717, 1.165) is 6.20 Å². The van der Waals surface area contributed by atoms with Gasteiger partial charge in [0.1, 0.15) is 6.10 Å². The molecule has 6 heteroatoms. The lowest BCUT2D eigenvalue weighted by atomic mass is 10.1. The predicted molar refractivity (Wildman–Crippen MR) is 77.6 cm³/mol. The summed E-state index contributed by atoms with van der Waals surface area (Å²) in [5, 5.41) is 2.62. The van der Waals surface area contributed by atoms with Crippen molar-refractivity contribution in [2.75, 3.05) is 0 Å². The number of ether oxygens (including phenoxy) is 1. The maximum Gasteiger partial charge on any atom is 0.254 e. The van der Waals surface area contributed by atoms with Gasteiger partial charge in [-0.1, -0.05) is 12.1 Å². The van der Waals surface area contributed by atoms with Crippen LogP contribution in [0.5, 0.6) is 5.75 Å². The van der Waals surface area contributed by atoms with E-state index in [1.165, 1.54) is 24.4 Å². The van der Waals surface area contributed by atoms with Crippen molar-refractivity contribution in [1.82, 2.24) is 10.3 Å². The molecular weight excluding hydrogens is 290 g/mol. The number of carbonyl (C=O) groups is 1. The van der Waals surface area contributed by atoms with Gasteiger partial charge in [-0.2, -0.15) is 0 Å². The van der Waals surface area contributed by atoms with E-state index in [9.17, 15) is 13.6 Å². The van der Waals surface area contributed by atoms with Crippen LogP contribution < -0.4 is 10.1 Å². The molecule has 116 valence electrons. The van der Waals surface area contributed by atoms with E-state index in [2.05, 4.69) is 10.3 Å². The van der Waals surface area contributed by atoms with Gasteiger partial charge in [0, 0.05) is 6.20 Å². The van der Waals surface area contributed by atoms with Gasteiger partial charge >= 0.3 is 0 Å². The minimum Gasteiger partial charge on any atom is -0.486 e. The van der Waals surface area contributed by atoms with Crippen LogP contribution in [-0.2, 0) is 0 Å². The van der Waals surface area contributed by atoms with Crippen LogP contribution in [0.1, 0.15) is 24.2 Å². The fourth-order valence-corrected chi connectivity index (χ4v) is 1.80. The Bertz CT molecular complexity index is 664. The van der Waals surface area contributed by atoms with Gasteiger partial charge in [-0.25, -0.2) is 8.78 Å². The Morgan fingerprint density at radius 1 is 1.18 bits per heavy atom. The summed E-state index contributed by atoms with van der Waals surface area (Å²) in [5.41, 5.74) is -0.0973. The predicted octanol–water partition coefficient (Wildman–Crippen LogP) is 2.95. The van der Waals surface area contributed by atoms with Gasteiger partial charge in [0.2, 0.25) is 0 Å². The molecule has 1 N–H and O–H groups in total. The lowest BCUT2D eigenvalue weighted by molar-refractivity contribution is 0.0887. The van der Waals surface area contributed by atoms with Crippen LogP contribution in [0.25, 0.3) is 0 Å². The average molecular weight is 306 g/mol. The van der Waals surface area contributed by atoms with Crippen LogP contribution in [-0.4, -0.2) is 23.0 Å². The lowest BCUT2D eigenvalue weighted by Crippen LogP contribution is -2.42. The molecule has 0 radical (unpaired) electrons. The van der Waals surface area contributed by atoms with Crippen LogP contribution >= 0.6 is 0 Å². The maximum atomic E-state index is 13.5. The van der Waals surface area contributed by atoms with Gasteiger partial charge in [-0.05, 0) is 32.0 Å². The van der Waals surface area contributed by atoms with E-state index in [4.69, 9.17) is 4.74 Å². The molecule has 1 amide bonds. The van der Waals surface area contributed by atoms with E-state index >= 15 is 0 Å². The minimum atomic E-state index is -0.699. The Morgan fingerprint density at radius 3 is 2.59 bits per heavy atom. The van der Waals surface area contributed by atoms with Crippen LogP contribution in [0.4, 0.5) is 8.78 Å². The molecule has 0 fully saturated rings. The lowest BCUT2D eigenvalue weighted by Gasteiger charge is -2.23. The molecule has 0 aliphatic heterocycles. The summed E-state index contributed by atoms with van der Waals surface area (Å²) >= 11 is 0. The summed E-state index contributed by atoms with van der Waals surface area (Å²) in [6.45, 7) is 3.39. The molecule has 0 aliphatic rings. The first kappa shape index (κ1) is 15.9. The first-order chi connectivity index (χ1) is 10.5. The summed E-state index contributed by atoms with van der Waals surface area (Å²) < 4.78 is 32.5. The summed E-state index contributed by atoms with van der Waals surface area (Å²) in [5.74, 6) is -1.65. The van der Waals surface area contributed by atoms with Gasteiger partial charge < -0.3 is 10.1 Å². The smallest absolute Gasteiger partial charge is 0.254 e. The third-order valence-corrected chi connectivity index (χ3v) is 3.23. The number of benzene rings is 1. The highest BCUT2D eigenvalue weighted by molar-refractivity contribution is 5.94. The van der Waals surface area contributed by atoms with E-state index in [1.807, 2.05) is 0 Å². The highest BCUT2D eigenvalue weighted by Crippen LogP contribution is 2.18. The molecule has 1 heterocycles. The fraction of sp³-hybridized carbons (Fsp3) is 0.250. The van der Waals surface area contributed by atoms with Gasteiger partial charge in [-0.3, -0.25) is 9.78 Å². The van der Waals surface area contributed by atoms with Crippen molar-refractivity contribution < 1.29 is 18.3 Å². The first-order valence-electron chi connectivity index (χ1n) is 6.80. The second-order valence-electron chi connectivity index (χ2n) is 4.87. The van der Waals surface area contributed by atoms with Gasteiger partial charge in [0.15, 0.2) is 17.4 Å². The third kappa shape index (κ3) is 3.78. The Morgan fingerprint density at radius 2 is 1.91 bits per heavy atom. The van der Waals surface area contributed by atoms with Gasteiger partial charge in [0.25, 0.3) is 5.91 Å². The first-order valence-corrected chi connectivity index (χ1v) is 6.80. The summed E-state index contributed by atoms with van der Waals surface area (Å²) in [7, 11) is 0. The number of hydrogen-bond donors (Lipinski definition) is 1. The zero-order chi connectivity index (χ0) is 16.1. The van der Waals surface area contributed by atoms with Gasteiger partial charge in [0.05, 0.1) is 17.8 Å². The van der Waals surface area contributed by atoms with Crippen molar-refractivity contribution in [3.8, 4) is 5.75 Å². The van der Waals surface area contributed by atoms with Gasteiger partial charge in [-0.15, -0.1) is 0 Å². The molecule has 1 aromatic heterocycles. The molecule has 0 saturated carbocycles. The number of carbonyl (C=O) groups excluding carboxylic acids is 1. The maximum absolute atomic E-state index is 13.5.